The van der Waals surface area contributed by atoms with E-state index in [2.05, 4.69) is 16.3 Å². The Kier molecular flexibility index (Phi) is 6.00. The SMILES string of the molecule is CC(C)N(c1cccc2c1NC(c1ncc(CN3CCCC3)s1)C2)S(=O)(=O)c1cccs1. The van der Waals surface area contributed by atoms with E-state index in [1.54, 1.807) is 33.2 Å². The molecule has 1 fully saturated rings. The molecule has 6 nitrogen and oxygen atoms in total. The van der Waals surface area contributed by atoms with Crippen LogP contribution in [0, 0.1) is 0 Å². The van der Waals surface area contributed by atoms with Crippen LogP contribution >= 0.6 is 22.7 Å². The van der Waals surface area contributed by atoms with Gasteiger partial charge in [-0.2, -0.15) is 0 Å². The van der Waals surface area contributed by atoms with Crippen LogP contribution in [0.5, 0.6) is 0 Å². The van der Waals surface area contributed by atoms with Crippen molar-refractivity contribution < 1.29 is 8.42 Å². The average molecular weight is 489 g/mol. The standard InChI is InChI=1S/C23H28N4O2S3/c1-16(2)27(32(28,29)21-9-6-12-30-21)20-8-5-7-17-13-19(25-22(17)20)23-24-14-18(31-23)15-26-10-3-4-11-26/h5-9,12,14,16,19,25H,3-4,10-11,13,15H2,1-2H3. The number of thiophene rings is 1. The number of rotatable bonds is 7. The van der Waals surface area contributed by atoms with Gasteiger partial charge in [0, 0.05) is 30.1 Å². The Morgan fingerprint density at radius 3 is 2.75 bits per heavy atom. The lowest BCUT2D eigenvalue weighted by Gasteiger charge is -2.29. The van der Waals surface area contributed by atoms with Gasteiger partial charge in [0.05, 0.1) is 17.4 Å². The molecule has 0 aliphatic carbocycles. The Morgan fingerprint density at radius 2 is 2.03 bits per heavy atom. The fourth-order valence-corrected chi connectivity index (χ4v) is 8.38. The van der Waals surface area contributed by atoms with Gasteiger partial charge in [-0.15, -0.1) is 22.7 Å². The van der Waals surface area contributed by atoms with E-state index in [1.807, 2.05) is 32.2 Å². The fraction of sp³-hybridized carbons (Fsp3) is 0.435. The van der Waals surface area contributed by atoms with Gasteiger partial charge >= 0.3 is 0 Å². The summed E-state index contributed by atoms with van der Waals surface area (Å²) in [7, 11) is -3.63. The zero-order chi connectivity index (χ0) is 22.3. The number of fused-ring (bicyclic) bond motifs is 1. The van der Waals surface area contributed by atoms with Crippen molar-refractivity contribution in [2.75, 3.05) is 22.7 Å². The van der Waals surface area contributed by atoms with E-state index < -0.39 is 10.0 Å². The van der Waals surface area contributed by atoms with E-state index in [4.69, 9.17) is 4.98 Å². The zero-order valence-electron chi connectivity index (χ0n) is 18.3. The molecule has 1 saturated heterocycles. The number of para-hydroxylation sites is 1. The fourth-order valence-electron chi connectivity index (χ4n) is 4.61. The maximum Gasteiger partial charge on any atom is 0.274 e. The van der Waals surface area contributed by atoms with Crippen LogP contribution in [0.2, 0.25) is 0 Å². The lowest BCUT2D eigenvalue weighted by atomic mass is 10.1. The lowest BCUT2D eigenvalue weighted by molar-refractivity contribution is 0.334. The molecule has 0 amide bonds. The van der Waals surface area contributed by atoms with Crippen molar-refractivity contribution >= 4 is 44.1 Å². The van der Waals surface area contributed by atoms with E-state index in [0.29, 0.717) is 9.90 Å². The summed E-state index contributed by atoms with van der Waals surface area (Å²) >= 11 is 3.02. The molecule has 170 valence electrons. The summed E-state index contributed by atoms with van der Waals surface area (Å²) < 4.78 is 28.8. The summed E-state index contributed by atoms with van der Waals surface area (Å²) in [5.41, 5.74) is 2.75. The van der Waals surface area contributed by atoms with Crippen molar-refractivity contribution in [1.29, 1.82) is 0 Å². The maximum absolute atomic E-state index is 13.4. The van der Waals surface area contributed by atoms with Gasteiger partial charge in [-0.05, 0) is 62.9 Å². The van der Waals surface area contributed by atoms with Gasteiger partial charge in [-0.25, -0.2) is 13.4 Å². The van der Waals surface area contributed by atoms with E-state index in [0.717, 1.165) is 29.2 Å². The van der Waals surface area contributed by atoms with Crippen molar-refractivity contribution in [3.63, 3.8) is 0 Å². The molecule has 1 aromatic carbocycles. The molecule has 1 N–H and O–H groups in total. The third-order valence-electron chi connectivity index (χ3n) is 6.03. The molecule has 0 saturated carbocycles. The molecule has 2 aromatic heterocycles. The number of aromatic nitrogens is 1. The first kappa shape index (κ1) is 21.9. The molecule has 1 atom stereocenters. The minimum atomic E-state index is -3.63. The molecule has 0 spiro atoms. The molecule has 9 heteroatoms. The van der Waals surface area contributed by atoms with Crippen LogP contribution in [0.1, 0.15) is 48.2 Å². The summed E-state index contributed by atoms with van der Waals surface area (Å²) in [6.45, 7) is 7.16. The highest BCUT2D eigenvalue weighted by atomic mass is 32.2. The van der Waals surface area contributed by atoms with E-state index in [1.165, 1.54) is 42.1 Å². The van der Waals surface area contributed by atoms with E-state index in [9.17, 15) is 8.42 Å². The average Bonchev–Trinajstić information content (AvgIpc) is 3.53. The van der Waals surface area contributed by atoms with Crippen LogP contribution in [0.3, 0.4) is 0 Å². The van der Waals surface area contributed by atoms with Gasteiger partial charge in [-0.3, -0.25) is 9.21 Å². The highest BCUT2D eigenvalue weighted by Gasteiger charge is 2.34. The first-order valence-corrected chi connectivity index (χ1v) is 14.2. The summed E-state index contributed by atoms with van der Waals surface area (Å²) in [6.07, 6.45) is 5.39. The van der Waals surface area contributed by atoms with Crippen LogP contribution in [-0.4, -0.2) is 37.4 Å². The number of anilines is 2. The number of thiazole rings is 1. The number of nitrogens with zero attached hydrogens (tertiary/aromatic N) is 3. The van der Waals surface area contributed by atoms with Gasteiger partial charge in [0.2, 0.25) is 0 Å². The molecule has 0 bridgehead atoms. The topological polar surface area (TPSA) is 65.5 Å². The first-order valence-electron chi connectivity index (χ1n) is 11.1. The minimum Gasteiger partial charge on any atom is -0.374 e. The van der Waals surface area contributed by atoms with Crippen LogP contribution in [0.4, 0.5) is 11.4 Å². The molecular weight excluding hydrogens is 460 g/mol. The molecule has 32 heavy (non-hydrogen) atoms. The van der Waals surface area contributed by atoms with Crippen molar-refractivity contribution in [3.8, 4) is 0 Å². The number of hydrogen-bond acceptors (Lipinski definition) is 7. The third kappa shape index (κ3) is 4.07. The Hall–Kier alpha value is -1.94. The highest BCUT2D eigenvalue weighted by molar-refractivity contribution is 7.94. The van der Waals surface area contributed by atoms with Crippen LogP contribution < -0.4 is 9.62 Å². The van der Waals surface area contributed by atoms with Gasteiger partial charge in [-0.1, -0.05) is 18.2 Å². The predicted octanol–water partition coefficient (Wildman–Crippen LogP) is 5.11. The lowest BCUT2D eigenvalue weighted by Crippen LogP contribution is -2.37. The van der Waals surface area contributed by atoms with Crippen molar-refractivity contribution in [1.82, 2.24) is 9.88 Å². The quantitative estimate of drug-likeness (QED) is 0.500. The number of benzene rings is 1. The Morgan fingerprint density at radius 1 is 1.22 bits per heavy atom. The molecule has 5 rings (SSSR count). The van der Waals surface area contributed by atoms with Gasteiger partial charge < -0.3 is 5.32 Å². The van der Waals surface area contributed by atoms with Crippen LogP contribution in [0.25, 0.3) is 0 Å². The van der Waals surface area contributed by atoms with Crippen molar-refractivity contribution in [3.05, 3.63) is 57.4 Å². The summed E-state index contributed by atoms with van der Waals surface area (Å²) in [5.74, 6) is 0. The maximum atomic E-state index is 13.4. The Balaban J connectivity index is 1.42. The third-order valence-corrected chi connectivity index (χ3v) is 10.5. The van der Waals surface area contributed by atoms with Crippen molar-refractivity contribution in [2.45, 2.75) is 55.9 Å². The molecule has 0 radical (unpaired) electrons. The molecular formula is C23H28N4O2S3. The van der Waals surface area contributed by atoms with Crippen LogP contribution in [0.15, 0.2) is 46.1 Å². The summed E-state index contributed by atoms with van der Waals surface area (Å²) in [4.78, 5) is 8.51. The first-order chi connectivity index (χ1) is 15.4. The monoisotopic (exact) mass is 488 g/mol. The second-order valence-corrected chi connectivity index (χ2v) is 12.8. The number of nitrogens with one attached hydrogen (secondary N) is 1. The minimum absolute atomic E-state index is 0.0712. The van der Waals surface area contributed by atoms with Gasteiger partial charge in [0.1, 0.15) is 9.22 Å². The van der Waals surface area contributed by atoms with E-state index in [-0.39, 0.29) is 12.1 Å². The number of sulfonamides is 1. The van der Waals surface area contributed by atoms with Gasteiger partial charge in [0.25, 0.3) is 10.0 Å². The molecule has 3 aromatic rings. The van der Waals surface area contributed by atoms with E-state index >= 15 is 0 Å². The molecule has 2 aliphatic rings. The normalized spacial score (nSPS) is 18.8. The smallest absolute Gasteiger partial charge is 0.274 e. The predicted molar refractivity (Wildman–Crippen MR) is 132 cm³/mol. The van der Waals surface area contributed by atoms with Gasteiger partial charge in [0.15, 0.2) is 0 Å². The molecule has 2 aliphatic heterocycles. The highest BCUT2D eigenvalue weighted by Crippen LogP contribution is 2.43. The van der Waals surface area contributed by atoms with Crippen molar-refractivity contribution in [2.24, 2.45) is 0 Å². The largest absolute Gasteiger partial charge is 0.374 e. The van der Waals surface area contributed by atoms with Crippen LogP contribution in [-0.2, 0) is 23.0 Å². The Labute approximate surface area is 198 Å². The zero-order valence-corrected chi connectivity index (χ0v) is 20.8. The second-order valence-electron chi connectivity index (χ2n) is 8.69. The Bertz CT molecular complexity index is 1180. The number of likely N-dealkylation sites (tertiary alicyclic amines) is 1. The molecule has 1 unspecified atom stereocenters. The summed E-state index contributed by atoms with van der Waals surface area (Å²) in [5, 5.41) is 6.48. The summed E-state index contributed by atoms with van der Waals surface area (Å²) in [6, 6.07) is 9.26. The second kappa shape index (κ2) is 8.78. The number of hydrogen-bond donors (Lipinski definition) is 1. The molecule has 4 heterocycles.